The van der Waals surface area contributed by atoms with Gasteiger partial charge in [-0.05, 0) is 48.9 Å². The van der Waals surface area contributed by atoms with Gasteiger partial charge < -0.3 is 5.32 Å². The number of benzene rings is 3. The number of anilines is 1. The molecule has 31 heavy (non-hydrogen) atoms. The number of rotatable bonds is 7. The lowest BCUT2D eigenvalue weighted by Crippen LogP contribution is -2.37. The number of carbonyl (C=O) groups excluding carboxylic acids is 1. The molecule has 0 heterocycles. The average molecular weight is 465 g/mol. The SMILES string of the molecule is Cc1ccc(CN(CC(=O)Nc2ccc(F)c(F)c2)S(=O)(=O)c2ccc(Cl)cc2)cc1. The Kier molecular flexibility index (Phi) is 7.04. The van der Waals surface area contributed by atoms with Crippen LogP contribution in [0.3, 0.4) is 0 Å². The molecule has 0 saturated carbocycles. The maximum absolute atomic E-state index is 13.4. The fourth-order valence-electron chi connectivity index (χ4n) is 2.81. The van der Waals surface area contributed by atoms with Crippen LogP contribution in [-0.4, -0.2) is 25.2 Å². The molecule has 0 bridgehead atoms. The van der Waals surface area contributed by atoms with Gasteiger partial charge in [0.1, 0.15) is 0 Å². The summed E-state index contributed by atoms with van der Waals surface area (Å²) in [6.45, 7) is 1.32. The highest BCUT2D eigenvalue weighted by Crippen LogP contribution is 2.21. The van der Waals surface area contributed by atoms with Gasteiger partial charge in [-0.15, -0.1) is 0 Å². The van der Waals surface area contributed by atoms with Crippen molar-refractivity contribution in [2.24, 2.45) is 0 Å². The maximum Gasteiger partial charge on any atom is 0.243 e. The number of carbonyl (C=O) groups is 1. The van der Waals surface area contributed by atoms with Crippen molar-refractivity contribution in [1.82, 2.24) is 4.31 Å². The van der Waals surface area contributed by atoms with Gasteiger partial charge in [-0.3, -0.25) is 4.79 Å². The summed E-state index contributed by atoms with van der Waals surface area (Å²) in [5, 5.41) is 2.77. The Morgan fingerprint density at radius 3 is 2.23 bits per heavy atom. The number of amides is 1. The van der Waals surface area contributed by atoms with E-state index in [1.165, 1.54) is 30.3 Å². The largest absolute Gasteiger partial charge is 0.325 e. The number of sulfonamides is 1. The summed E-state index contributed by atoms with van der Waals surface area (Å²) < 4.78 is 53.9. The van der Waals surface area contributed by atoms with E-state index in [2.05, 4.69) is 5.32 Å². The van der Waals surface area contributed by atoms with Crippen LogP contribution in [0.15, 0.2) is 71.6 Å². The molecule has 3 rings (SSSR count). The van der Waals surface area contributed by atoms with Gasteiger partial charge in [0.25, 0.3) is 0 Å². The molecule has 0 radical (unpaired) electrons. The molecule has 0 unspecified atom stereocenters. The minimum Gasteiger partial charge on any atom is -0.325 e. The average Bonchev–Trinajstić information content (AvgIpc) is 2.72. The van der Waals surface area contributed by atoms with Crippen molar-refractivity contribution < 1.29 is 22.0 Å². The fraction of sp³-hybridized carbons (Fsp3) is 0.136. The molecule has 0 aliphatic heterocycles. The first kappa shape index (κ1) is 22.9. The molecular weight excluding hydrogens is 446 g/mol. The van der Waals surface area contributed by atoms with Gasteiger partial charge in [0.2, 0.25) is 15.9 Å². The summed E-state index contributed by atoms with van der Waals surface area (Å²) in [5.41, 5.74) is 1.71. The van der Waals surface area contributed by atoms with Crippen molar-refractivity contribution in [3.8, 4) is 0 Å². The van der Waals surface area contributed by atoms with E-state index in [0.29, 0.717) is 10.6 Å². The molecule has 5 nitrogen and oxygen atoms in total. The molecule has 0 aliphatic carbocycles. The first-order valence-corrected chi connectivity index (χ1v) is 11.0. The van der Waals surface area contributed by atoms with Crippen LogP contribution in [0.5, 0.6) is 0 Å². The Bertz CT molecular complexity index is 1180. The summed E-state index contributed by atoms with van der Waals surface area (Å²) >= 11 is 5.85. The number of hydrogen-bond donors (Lipinski definition) is 1. The van der Waals surface area contributed by atoms with Gasteiger partial charge in [-0.2, -0.15) is 4.31 Å². The summed E-state index contributed by atoms with van der Waals surface area (Å²) in [5.74, 6) is -2.87. The van der Waals surface area contributed by atoms with Crippen molar-refractivity contribution in [3.05, 3.63) is 94.5 Å². The van der Waals surface area contributed by atoms with Crippen LogP contribution in [0, 0.1) is 18.6 Å². The van der Waals surface area contributed by atoms with E-state index < -0.39 is 34.1 Å². The highest BCUT2D eigenvalue weighted by molar-refractivity contribution is 7.89. The van der Waals surface area contributed by atoms with E-state index in [4.69, 9.17) is 11.6 Å². The summed E-state index contributed by atoms with van der Waals surface area (Å²) in [7, 11) is -4.05. The minimum absolute atomic E-state index is 0.0167. The van der Waals surface area contributed by atoms with Gasteiger partial charge in [-0.1, -0.05) is 41.4 Å². The van der Waals surface area contributed by atoms with E-state index in [1.807, 2.05) is 19.1 Å². The lowest BCUT2D eigenvalue weighted by atomic mass is 10.1. The van der Waals surface area contributed by atoms with E-state index in [1.54, 1.807) is 12.1 Å². The maximum atomic E-state index is 13.4. The Labute approximate surface area is 184 Å². The molecule has 3 aromatic carbocycles. The predicted octanol–water partition coefficient (Wildman–Crippen LogP) is 4.76. The Hall–Kier alpha value is -2.81. The smallest absolute Gasteiger partial charge is 0.243 e. The molecule has 9 heteroatoms. The lowest BCUT2D eigenvalue weighted by Gasteiger charge is -2.22. The molecule has 162 valence electrons. The van der Waals surface area contributed by atoms with Crippen LogP contribution in [0.4, 0.5) is 14.5 Å². The molecule has 0 aromatic heterocycles. The van der Waals surface area contributed by atoms with Crippen LogP contribution in [0.2, 0.25) is 5.02 Å². The summed E-state index contributed by atoms with van der Waals surface area (Å²) in [4.78, 5) is 12.5. The molecule has 0 aliphatic rings. The number of nitrogens with zero attached hydrogens (tertiary/aromatic N) is 1. The molecule has 0 atom stereocenters. The van der Waals surface area contributed by atoms with Gasteiger partial charge in [-0.25, -0.2) is 17.2 Å². The third-order valence-electron chi connectivity index (χ3n) is 4.45. The van der Waals surface area contributed by atoms with E-state index >= 15 is 0 Å². The number of aryl methyl sites for hydroxylation is 1. The zero-order chi connectivity index (χ0) is 22.6. The Morgan fingerprint density at radius 1 is 0.968 bits per heavy atom. The lowest BCUT2D eigenvalue weighted by molar-refractivity contribution is -0.116. The first-order chi connectivity index (χ1) is 14.6. The first-order valence-electron chi connectivity index (χ1n) is 9.21. The highest BCUT2D eigenvalue weighted by atomic mass is 35.5. The van der Waals surface area contributed by atoms with E-state index in [9.17, 15) is 22.0 Å². The number of nitrogens with one attached hydrogen (secondary N) is 1. The van der Waals surface area contributed by atoms with Crippen molar-refractivity contribution in [2.45, 2.75) is 18.4 Å². The van der Waals surface area contributed by atoms with Crippen LogP contribution in [0.25, 0.3) is 0 Å². The van der Waals surface area contributed by atoms with Crippen molar-refractivity contribution >= 4 is 33.2 Å². The monoisotopic (exact) mass is 464 g/mol. The quantitative estimate of drug-likeness (QED) is 0.548. The number of hydrogen-bond acceptors (Lipinski definition) is 3. The van der Waals surface area contributed by atoms with Crippen molar-refractivity contribution in [1.29, 1.82) is 0 Å². The zero-order valence-corrected chi connectivity index (χ0v) is 18.1. The standard InChI is InChI=1S/C22H19ClF2N2O3S/c1-15-2-4-16(5-3-15)13-27(31(29,30)19-9-6-17(23)7-10-19)14-22(28)26-18-8-11-20(24)21(25)12-18/h2-12H,13-14H2,1H3,(H,26,28). The zero-order valence-electron chi connectivity index (χ0n) is 16.5. The summed E-state index contributed by atoms with van der Waals surface area (Å²) in [6.07, 6.45) is 0. The third kappa shape index (κ3) is 5.88. The third-order valence-corrected chi connectivity index (χ3v) is 6.51. The molecular formula is C22H19ClF2N2O3S. The molecule has 0 saturated heterocycles. The van der Waals surface area contributed by atoms with Crippen molar-refractivity contribution in [3.63, 3.8) is 0 Å². The second-order valence-corrected chi connectivity index (χ2v) is 9.26. The van der Waals surface area contributed by atoms with E-state index in [0.717, 1.165) is 22.0 Å². The molecule has 0 fully saturated rings. The molecule has 1 N–H and O–H groups in total. The van der Waals surface area contributed by atoms with Gasteiger partial charge in [0.15, 0.2) is 11.6 Å². The Balaban J connectivity index is 1.87. The van der Waals surface area contributed by atoms with Gasteiger partial charge in [0.05, 0.1) is 11.4 Å². The number of halogens is 3. The van der Waals surface area contributed by atoms with Crippen LogP contribution in [0.1, 0.15) is 11.1 Å². The normalized spacial score (nSPS) is 11.5. The van der Waals surface area contributed by atoms with Gasteiger partial charge in [0, 0.05) is 23.3 Å². The Morgan fingerprint density at radius 2 is 1.61 bits per heavy atom. The summed E-state index contributed by atoms with van der Waals surface area (Å²) in [6, 6.07) is 15.7. The van der Waals surface area contributed by atoms with E-state index in [-0.39, 0.29) is 17.1 Å². The van der Waals surface area contributed by atoms with Crippen LogP contribution < -0.4 is 5.32 Å². The van der Waals surface area contributed by atoms with Crippen molar-refractivity contribution in [2.75, 3.05) is 11.9 Å². The van der Waals surface area contributed by atoms with Gasteiger partial charge >= 0.3 is 0 Å². The highest BCUT2D eigenvalue weighted by Gasteiger charge is 2.27. The molecule has 1 amide bonds. The molecule has 3 aromatic rings. The predicted molar refractivity (Wildman–Crippen MR) is 115 cm³/mol. The molecule has 0 spiro atoms. The minimum atomic E-state index is -4.05. The van der Waals surface area contributed by atoms with Crippen LogP contribution in [-0.2, 0) is 21.4 Å². The fourth-order valence-corrected chi connectivity index (χ4v) is 4.32. The van der Waals surface area contributed by atoms with Crippen LogP contribution >= 0.6 is 11.6 Å². The second-order valence-electron chi connectivity index (χ2n) is 6.89. The topological polar surface area (TPSA) is 66.5 Å². The second kappa shape index (κ2) is 9.55.